The van der Waals surface area contributed by atoms with Crippen LogP contribution in [0.1, 0.15) is 76.0 Å². The van der Waals surface area contributed by atoms with Crippen LogP contribution < -0.4 is 27.0 Å². The molecule has 0 radical (unpaired) electrons. The molecular weight excluding hydrogens is 540 g/mol. The minimum absolute atomic E-state index is 0.000861. The molecule has 2 unspecified atom stereocenters. The van der Waals surface area contributed by atoms with Crippen LogP contribution in [0.5, 0.6) is 0 Å². The van der Waals surface area contributed by atoms with Crippen molar-refractivity contribution in [1.82, 2.24) is 26.3 Å². The van der Waals surface area contributed by atoms with Crippen LogP contribution in [0.3, 0.4) is 0 Å². The molecule has 7 nitrogen and oxygen atoms in total. The van der Waals surface area contributed by atoms with E-state index in [9.17, 15) is 0 Å². The number of aromatic nitrogens is 1. The highest BCUT2D eigenvalue weighted by atomic mass is 35.5. The third-order valence-corrected chi connectivity index (χ3v) is 11.6. The number of thioether (sulfide) groups is 1. The summed E-state index contributed by atoms with van der Waals surface area (Å²) in [5, 5.41) is 15.7. The quantitative estimate of drug-likeness (QED) is 0.292. The Morgan fingerprint density at radius 2 is 1.88 bits per heavy atom. The van der Waals surface area contributed by atoms with Gasteiger partial charge < -0.3 is 26.4 Å². The summed E-state index contributed by atoms with van der Waals surface area (Å²) in [5.41, 5.74) is 10.0. The molecule has 2 saturated carbocycles. The van der Waals surface area contributed by atoms with Crippen LogP contribution in [0.2, 0.25) is 5.02 Å². The molecule has 6 N–H and O–H groups in total. The molecule has 2 atom stereocenters. The average Bonchev–Trinajstić information content (AvgIpc) is 3.56. The summed E-state index contributed by atoms with van der Waals surface area (Å²) >= 11 is 8.76. The molecular formula is C31H47ClN6OS. The lowest BCUT2D eigenvalue weighted by molar-refractivity contribution is 0.0525. The lowest BCUT2D eigenvalue weighted by atomic mass is 9.80. The summed E-state index contributed by atoms with van der Waals surface area (Å²) in [6.07, 6.45) is 19.1. The number of hydrogen-bond acceptors (Lipinski definition) is 8. The van der Waals surface area contributed by atoms with Gasteiger partial charge in [-0.3, -0.25) is 10.3 Å². The summed E-state index contributed by atoms with van der Waals surface area (Å²) in [5.74, 6) is 2.65. The lowest BCUT2D eigenvalue weighted by Gasteiger charge is -2.36. The molecule has 0 aromatic carbocycles. The van der Waals surface area contributed by atoms with E-state index >= 15 is 0 Å². The van der Waals surface area contributed by atoms with Crippen molar-refractivity contribution < 1.29 is 4.74 Å². The Bertz CT molecular complexity index is 1090. The van der Waals surface area contributed by atoms with E-state index in [1.807, 2.05) is 0 Å². The second-order valence-corrected chi connectivity index (χ2v) is 14.7. The predicted molar refractivity (Wildman–Crippen MR) is 166 cm³/mol. The van der Waals surface area contributed by atoms with E-state index in [2.05, 4.69) is 69.2 Å². The number of dihydropyridines is 1. The molecule has 3 aliphatic heterocycles. The minimum Gasteiger partial charge on any atom is -0.381 e. The molecule has 4 heterocycles. The fourth-order valence-electron chi connectivity index (χ4n) is 7.30. The number of ether oxygens (including phenoxy) is 1. The van der Waals surface area contributed by atoms with Gasteiger partial charge in [0, 0.05) is 66.9 Å². The highest BCUT2D eigenvalue weighted by molar-refractivity contribution is 7.99. The van der Waals surface area contributed by atoms with Crippen molar-refractivity contribution in [3.05, 3.63) is 46.8 Å². The molecule has 220 valence electrons. The van der Waals surface area contributed by atoms with E-state index in [0.717, 1.165) is 62.1 Å². The highest BCUT2D eigenvalue weighted by Crippen LogP contribution is 2.64. The Kier molecular flexibility index (Phi) is 8.86. The Morgan fingerprint density at radius 3 is 2.65 bits per heavy atom. The van der Waals surface area contributed by atoms with Crippen LogP contribution in [0.15, 0.2) is 30.5 Å². The maximum Gasteiger partial charge on any atom is 0.0964 e. The highest BCUT2D eigenvalue weighted by Gasteiger charge is 2.63. The van der Waals surface area contributed by atoms with Gasteiger partial charge in [-0.1, -0.05) is 17.7 Å². The van der Waals surface area contributed by atoms with Crippen LogP contribution >= 0.6 is 23.4 Å². The van der Waals surface area contributed by atoms with E-state index in [1.54, 1.807) is 6.20 Å². The largest absolute Gasteiger partial charge is 0.381 e. The van der Waals surface area contributed by atoms with Gasteiger partial charge in [0.1, 0.15) is 0 Å². The molecule has 2 aliphatic carbocycles. The maximum absolute atomic E-state index is 6.65. The zero-order valence-corrected chi connectivity index (χ0v) is 25.5. The van der Waals surface area contributed by atoms with E-state index in [-0.39, 0.29) is 17.2 Å². The Labute approximate surface area is 249 Å². The number of allylic oxidation sites excluding steroid dienone is 2. The first-order chi connectivity index (χ1) is 19.4. The summed E-state index contributed by atoms with van der Waals surface area (Å²) in [7, 11) is 0. The fraction of sp³-hybridized carbons (Fsp3) is 0.710. The lowest BCUT2D eigenvalue weighted by Crippen LogP contribution is -2.56. The number of nitrogens with two attached hydrogens (primary N) is 1. The predicted octanol–water partition coefficient (Wildman–Crippen LogP) is 4.33. The molecule has 4 fully saturated rings. The second-order valence-electron chi connectivity index (χ2n) is 13.1. The Hall–Kier alpha value is -1.13. The van der Waals surface area contributed by atoms with E-state index < -0.39 is 0 Å². The Balaban J connectivity index is 1.01. The molecule has 6 rings (SSSR count). The number of nitrogens with one attached hydrogen (secondary N) is 4. The van der Waals surface area contributed by atoms with Gasteiger partial charge in [-0.25, -0.2) is 0 Å². The molecule has 0 amide bonds. The van der Waals surface area contributed by atoms with Gasteiger partial charge in [-0.2, -0.15) is 11.8 Å². The van der Waals surface area contributed by atoms with E-state index in [0.29, 0.717) is 16.5 Å². The molecule has 1 aromatic heterocycles. The normalized spacial score (nSPS) is 33.9. The molecule has 1 spiro atoms. The van der Waals surface area contributed by atoms with Crippen LogP contribution in [-0.2, 0) is 11.3 Å². The first-order valence-electron chi connectivity index (χ1n) is 15.3. The maximum atomic E-state index is 6.65. The average molecular weight is 587 g/mol. The SMILES string of the molecule is CC1(NCc2cc(C3=CC=CC(NCC4(N)CCOCC4)N3)c(Cl)cn2)CC12CCC(NC1CCSCC1)CC2. The van der Waals surface area contributed by atoms with Gasteiger partial charge in [0.2, 0.25) is 0 Å². The molecule has 9 heteroatoms. The third kappa shape index (κ3) is 6.59. The zero-order chi connectivity index (χ0) is 27.6. The van der Waals surface area contributed by atoms with E-state index in [4.69, 9.17) is 22.1 Å². The summed E-state index contributed by atoms with van der Waals surface area (Å²) < 4.78 is 5.49. The molecule has 5 aliphatic rings. The number of halogens is 1. The van der Waals surface area contributed by atoms with Crippen molar-refractivity contribution >= 4 is 29.1 Å². The van der Waals surface area contributed by atoms with Crippen molar-refractivity contribution in [3.8, 4) is 0 Å². The van der Waals surface area contributed by atoms with E-state index in [1.165, 1.54) is 56.5 Å². The second kappa shape index (κ2) is 12.2. The van der Waals surface area contributed by atoms with Crippen molar-refractivity contribution in [2.75, 3.05) is 31.3 Å². The van der Waals surface area contributed by atoms with Crippen LogP contribution in [0, 0.1) is 5.41 Å². The van der Waals surface area contributed by atoms with Gasteiger partial charge in [-0.15, -0.1) is 0 Å². The first kappa shape index (κ1) is 29.0. The van der Waals surface area contributed by atoms with Crippen LogP contribution in [0.25, 0.3) is 5.70 Å². The van der Waals surface area contributed by atoms with Gasteiger partial charge in [0.05, 0.1) is 16.9 Å². The number of hydrogen-bond donors (Lipinski definition) is 5. The van der Waals surface area contributed by atoms with Crippen molar-refractivity contribution in [3.63, 3.8) is 0 Å². The van der Waals surface area contributed by atoms with Crippen LogP contribution in [0.4, 0.5) is 0 Å². The topological polar surface area (TPSA) is 96.3 Å². The molecule has 2 saturated heterocycles. The minimum atomic E-state index is -0.219. The van der Waals surface area contributed by atoms with Crippen molar-refractivity contribution in [2.24, 2.45) is 11.1 Å². The van der Waals surface area contributed by atoms with Gasteiger partial charge in [0.15, 0.2) is 0 Å². The number of pyridine rings is 1. The molecule has 40 heavy (non-hydrogen) atoms. The molecule has 0 bridgehead atoms. The fourth-order valence-corrected chi connectivity index (χ4v) is 8.61. The number of nitrogens with zero attached hydrogens (tertiary/aromatic N) is 1. The molecule has 1 aromatic rings. The standard InChI is InChI=1S/C31H47ClN6OS/c1-29(20-30(29)9-5-22(6-10-30)37-23-7-15-40-16-8-23)36-18-24-17-25(26(32)19-34-24)27-3-2-4-28(38-27)35-21-31(33)11-13-39-14-12-31/h2-4,17,19,22-23,28,35-38H,5-16,18,20-21,33H2,1H3. The van der Waals surface area contributed by atoms with Crippen molar-refractivity contribution in [1.29, 1.82) is 0 Å². The summed E-state index contributed by atoms with van der Waals surface area (Å²) in [6, 6.07) is 3.59. The monoisotopic (exact) mass is 586 g/mol. The zero-order valence-electron chi connectivity index (χ0n) is 23.9. The smallest absolute Gasteiger partial charge is 0.0964 e. The van der Waals surface area contributed by atoms with Gasteiger partial charge in [0.25, 0.3) is 0 Å². The van der Waals surface area contributed by atoms with Crippen molar-refractivity contribution in [2.45, 2.75) is 101 Å². The number of rotatable bonds is 9. The first-order valence-corrected chi connectivity index (χ1v) is 16.9. The summed E-state index contributed by atoms with van der Waals surface area (Å²) in [4.78, 5) is 4.68. The van der Waals surface area contributed by atoms with Gasteiger partial charge in [-0.05, 0) is 99.9 Å². The van der Waals surface area contributed by atoms with Gasteiger partial charge >= 0.3 is 0 Å². The Morgan fingerprint density at radius 1 is 1.12 bits per heavy atom. The summed E-state index contributed by atoms with van der Waals surface area (Å²) in [6.45, 7) is 5.38. The third-order valence-electron chi connectivity index (χ3n) is 10.3. The van der Waals surface area contributed by atoms with Crippen LogP contribution in [-0.4, -0.2) is 65.6 Å².